The molecule has 2 aromatic carbocycles. The van der Waals surface area contributed by atoms with Crippen LogP contribution in [0.3, 0.4) is 0 Å². The minimum atomic E-state index is 0.823. The Labute approximate surface area is 119 Å². The standard InChI is InChI=1S/C14H13Br2N/c1-10-8-12(15)6-7-14(10)17-9-11-4-2-3-5-13(11)16/h2-8,17H,9H2,1H3. The van der Waals surface area contributed by atoms with Crippen molar-refractivity contribution in [3.05, 3.63) is 62.5 Å². The van der Waals surface area contributed by atoms with Crippen molar-refractivity contribution in [2.75, 3.05) is 5.32 Å². The van der Waals surface area contributed by atoms with Crippen LogP contribution in [0.2, 0.25) is 0 Å². The molecule has 1 nitrogen and oxygen atoms in total. The van der Waals surface area contributed by atoms with Gasteiger partial charge in [-0.15, -0.1) is 0 Å². The zero-order chi connectivity index (χ0) is 12.3. The maximum absolute atomic E-state index is 3.55. The van der Waals surface area contributed by atoms with E-state index in [1.165, 1.54) is 16.8 Å². The molecule has 0 bridgehead atoms. The van der Waals surface area contributed by atoms with Crippen molar-refractivity contribution in [3.8, 4) is 0 Å². The molecule has 3 heteroatoms. The minimum absolute atomic E-state index is 0.823. The average Bonchev–Trinajstić information content (AvgIpc) is 2.30. The fourth-order valence-electron chi connectivity index (χ4n) is 1.66. The minimum Gasteiger partial charge on any atom is -0.381 e. The summed E-state index contributed by atoms with van der Waals surface area (Å²) in [5.74, 6) is 0. The van der Waals surface area contributed by atoms with E-state index in [0.29, 0.717) is 0 Å². The summed E-state index contributed by atoms with van der Waals surface area (Å²) in [6, 6.07) is 14.5. The van der Waals surface area contributed by atoms with Crippen molar-refractivity contribution >= 4 is 37.5 Å². The maximum Gasteiger partial charge on any atom is 0.0412 e. The fraction of sp³-hybridized carbons (Fsp3) is 0.143. The maximum atomic E-state index is 3.55. The van der Waals surface area contributed by atoms with E-state index in [2.05, 4.69) is 80.5 Å². The molecule has 2 rings (SSSR count). The Balaban J connectivity index is 2.10. The van der Waals surface area contributed by atoms with E-state index in [1.54, 1.807) is 0 Å². The van der Waals surface area contributed by atoms with Crippen LogP contribution >= 0.6 is 31.9 Å². The van der Waals surface area contributed by atoms with Crippen molar-refractivity contribution in [2.24, 2.45) is 0 Å². The molecule has 2 aromatic rings. The van der Waals surface area contributed by atoms with Crippen molar-refractivity contribution in [1.82, 2.24) is 0 Å². The van der Waals surface area contributed by atoms with Crippen LogP contribution in [-0.4, -0.2) is 0 Å². The largest absolute Gasteiger partial charge is 0.381 e. The topological polar surface area (TPSA) is 12.0 Å². The van der Waals surface area contributed by atoms with Gasteiger partial charge in [-0.1, -0.05) is 50.1 Å². The summed E-state index contributed by atoms with van der Waals surface area (Å²) < 4.78 is 2.25. The lowest BCUT2D eigenvalue weighted by Crippen LogP contribution is -2.01. The molecule has 0 saturated carbocycles. The van der Waals surface area contributed by atoms with Gasteiger partial charge in [0.25, 0.3) is 0 Å². The first-order chi connectivity index (χ1) is 8.16. The Morgan fingerprint density at radius 3 is 2.53 bits per heavy atom. The van der Waals surface area contributed by atoms with E-state index >= 15 is 0 Å². The lowest BCUT2D eigenvalue weighted by atomic mass is 10.2. The highest BCUT2D eigenvalue weighted by Crippen LogP contribution is 2.22. The van der Waals surface area contributed by atoms with Gasteiger partial charge in [0.1, 0.15) is 0 Å². The second kappa shape index (κ2) is 5.69. The predicted octanol–water partition coefficient (Wildman–Crippen LogP) is 5.13. The summed E-state index contributed by atoms with van der Waals surface area (Å²) in [7, 11) is 0. The first-order valence-electron chi connectivity index (χ1n) is 5.40. The Morgan fingerprint density at radius 2 is 1.82 bits per heavy atom. The zero-order valence-corrected chi connectivity index (χ0v) is 12.7. The first kappa shape index (κ1) is 12.7. The highest BCUT2D eigenvalue weighted by atomic mass is 79.9. The second-order valence-corrected chi connectivity index (χ2v) is 5.67. The van der Waals surface area contributed by atoms with Gasteiger partial charge < -0.3 is 5.32 Å². The molecule has 0 spiro atoms. The van der Waals surface area contributed by atoms with Gasteiger partial charge in [0.15, 0.2) is 0 Å². The Kier molecular flexibility index (Phi) is 4.24. The number of anilines is 1. The number of halogens is 2. The summed E-state index contributed by atoms with van der Waals surface area (Å²) in [4.78, 5) is 0. The SMILES string of the molecule is Cc1cc(Br)ccc1NCc1ccccc1Br. The predicted molar refractivity (Wildman–Crippen MR) is 80.3 cm³/mol. The van der Waals surface area contributed by atoms with Crippen LogP contribution in [0.4, 0.5) is 5.69 Å². The molecule has 0 saturated heterocycles. The van der Waals surface area contributed by atoms with Crippen LogP contribution in [0.15, 0.2) is 51.4 Å². The summed E-state index contributed by atoms with van der Waals surface area (Å²) in [6.07, 6.45) is 0. The number of benzene rings is 2. The number of rotatable bonds is 3. The summed E-state index contributed by atoms with van der Waals surface area (Å²) >= 11 is 7.02. The third-order valence-corrected chi connectivity index (χ3v) is 3.88. The van der Waals surface area contributed by atoms with E-state index in [-0.39, 0.29) is 0 Å². The fourth-order valence-corrected chi connectivity index (χ4v) is 2.56. The van der Waals surface area contributed by atoms with Gasteiger partial charge in [0.05, 0.1) is 0 Å². The van der Waals surface area contributed by atoms with Crippen molar-refractivity contribution in [3.63, 3.8) is 0 Å². The molecular weight excluding hydrogens is 342 g/mol. The van der Waals surface area contributed by atoms with E-state index in [0.717, 1.165) is 15.5 Å². The molecular formula is C14H13Br2N. The third kappa shape index (κ3) is 3.33. The molecule has 0 atom stereocenters. The van der Waals surface area contributed by atoms with Gasteiger partial charge >= 0.3 is 0 Å². The van der Waals surface area contributed by atoms with Gasteiger partial charge in [-0.25, -0.2) is 0 Å². The van der Waals surface area contributed by atoms with Gasteiger partial charge in [-0.05, 0) is 42.3 Å². The first-order valence-corrected chi connectivity index (χ1v) is 6.99. The lowest BCUT2D eigenvalue weighted by Gasteiger charge is -2.11. The number of hydrogen-bond acceptors (Lipinski definition) is 1. The molecule has 0 aliphatic rings. The molecule has 0 amide bonds. The Bertz CT molecular complexity index is 523. The highest BCUT2D eigenvalue weighted by Gasteiger charge is 2.01. The molecule has 0 unspecified atom stereocenters. The van der Waals surface area contributed by atoms with Gasteiger partial charge in [0.2, 0.25) is 0 Å². The molecule has 0 fully saturated rings. The van der Waals surface area contributed by atoms with Crippen LogP contribution in [-0.2, 0) is 6.54 Å². The molecule has 88 valence electrons. The Hall–Kier alpha value is -0.800. The molecule has 0 aromatic heterocycles. The van der Waals surface area contributed by atoms with Crippen LogP contribution in [0, 0.1) is 6.92 Å². The number of aryl methyl sites for hydroxylation is 1. The number of nitrogens with one attached hydrogen (secondary N) is 1. The summed E-state index contributed by atoms with van der Waals surface area (Å²) in [5.41, 5.74) is 3.67. The number of hydrogen-bond donors (Lipinski definition) is 1. The molecule has 0 radical (unpaired) electrons. The summed E-state index contributed by atoms with van der Waals surface area (Å²) in [6.45, 7) is 2.93. The lowest BCUT2D eigenvalue weighted by molar-refractivity contribution is 1.13. The second-order valence-electron chi connectivity index (χ2n) is 3.90. The summed E-state index contributed by atoms with van der Waals surface area (Å²) in [5, 5.41) is 3.45. The van der Waals surface area contributed by atoms with Crippen LogP contribution in [0.25, 0.3) is 0 Å². The molecule has 1 N–H and O–H groups in total. The van der Waals surface area contributed by atoms with E-state index < -0.39 is 0 Å². The van der Waals surface area contributed by atoms with Crippen LogP contribution < -0.4 is 5.32 Å². The van der Waals surface area contributed by atoms with Gasteiger partial charge in [-0.3, -0.25) is 0 Å². The normalized spacial score (nSPS) is 10.3. The molecule has 17 heavy (non-hydrogen) atoms. The molecule has 0 aliphatic carbocycles. The Morgan fingerprint density at radius 1 is 1.06 bits per heavy atom. The monoisotopic (exact) mass is 353 g/mol. The molecule has 0 aliphatic heterocycles. The van der Waals surface area contributed by atoms with E-state index in [4.69, 9.17) is 0 Å². The van der Waals surface area contributed by atoms with Crippen LogP contribution in [0.1, 0.15) is 11.1 Å². The van der Waals surface area contributed by atoms with Gasteiger partial charge in [0, 0.05) is 21.2 Å². The van der Waals surface area contributed by atoms with Crippen molar-refractivity contribution < 1.29 is 0 Å². The van der Waals surface area contributed by atoms with E-state index in [1.807, 2.05) is 6.07 Å². The van der Waals surface area contributed by atoms with Gasteiger partial charge in [-0.2, -0.15) is 0 Å². The van der Waals surface area contributed by atoms with E-state index in [9.17, 15) is 0 Å². The highest BCUT2D eigenvalue weighted by molar-refractivity contribution is 9.10. The van der Waals surface area contributed by atoms with Crippen molar-refractivity contribution in [2.45, 2.75) is 13.5 Å². The third-order valence-electron chi connectivity index (χ3n) is 2.62. The quantitative estimate of drug-likeness (QED) is 0.805. The smallest absolute Gasteiger partial charge is 0.0412 e. The molecule has 0 heterocycles. The van der Waals surface area contributed by atoms with Crippen LogP contribution in [0.5, 0.6) is 0 Å². The zero-order valence-electron chi connectivity index (χ0n) is 9.50. The average molecular weight is 355 g/mol. The van der Waals surface area contributed by atoms with Crippen molar-refractivity contribution in [1.29, 1.82) is 0 Å².